The Morgan fingerprint density at radius 2 is 2.14 bits per heavy atom. The van der Waals surface area contributed by atoms with Gasteiger partial charge in [0.2, 0.25) is 5.91 Å². The number of carbonyl (C=O) groups excluding carboxylic acids is 1. The number of nitrogens with one attached hydrogen (secondary N) is 1. The number of nitro benzene ring substituents is 1. The van der Waals surface area contributed by atoms with E-state index in [0.29, 0.717) is 17.1 Å². The number of amides is 1. The molecule has 1 amide bonds. The van der Waals surface area contributed by atoms with E-state index in [4.69, 9.17) is 10.2 Å². The van der Waals surface area contributed by atoms with Gasteiger partial charge in [-0.2, -0.15) is 0 Å². The average molecular weight is 317 g/mol. The van der Waals surface area contributed by atoms with Gasteiger partial charge in [0, 0.05) is 23.8 Å². The van der Waals surface area contributed by atoms with Gasteiger partial charge in [0.15, 0.2) is 5.11 Å². The third kappa shape index (κ3) is 4.00. The lowest BCUT2D eigenvalue weighted by Crippen LogP contribution is -2.33. The summed E-state index contributed by atoms with van der Waals surface area (Å²) < 4.78 is 5.51. The van der Waals surface area contributed by atoms with Crippen molar-refractivity contribution >= 4 is 35.0 Å². The molecule has 1 aromatic heterocycles. The molecule has 22 heavy (non-hydrogen) atoms. The molecule has 2 aromatic rings. The molecule has 112 valence electrons. The SMILES string of the molecule is NC(=S)NC(=O)/C=C/c1ccc(-c2cccc([N+](=O)[O-])c2)o1. The highest BCUT2D eigenvalue weighted by atomic mass is 32.1. The van der Waals surface area contributed by atoms with Gasteiger partial charge in [0.05, 0.1) is 4.92 Å². The maximum atomic E-state index is 11.3. The Balaban J connectivity index is 2.16. The molecule has 1 aromatic carbocycles. The van der Waals surface area contributed by atoms with Crippen LogP contribution in [0, 0.1) is 10.1 Å². The first-order chi connectivity index (χ1) is 10.5. The number of benzene rings is 1. The van der Waals surface area contributed by atoms with E-state index < -0.39 is 10.8 Å². The molecular formula is C14H11N3O4S. The zero-order valence-corrected chi connectivity index (χ0v) is 12.0. The van der Waals surface area contributed by atoms with Crippen molar-refractivity contribution in [3.8, 4) is 11.3 Å². The molecule has 0 aliphatic heterocycles. The summed E-state index contributed by atoms with van der Waals surface area (Å²) in [6.45, 7) is 0. The van der Waals surface area contributed by atoms with Gasteiger partial charge in [0.1, 0.15) is 11.5 Å². The maximum Gasteiger partial charge on any atom is 0.270 e. The van der Waals surface area contributed by atoms with E-state index in [9.17, 15) is 14.9 Å². The highest BCUT2D eigenvalue weighted by Gasteiger charge is 2.09. The minimum absolute atomic E-state index is 0.0261. The summed E-state index contributed by atoms with van der Waals surface area (Å²) in [5.41, 5.74) is 5.71. The summed E-state index contributed by atoms with van der Waals surface area (Å²) in [5.74, 6) is 0.401. The molecule has 0 fully saturated rings. The number of hydrogen-bond acceptors (Lipinski definition) is 5. The molecule has 0 radical (unpaired) electrons. The standard InChI is InChI=1S/C14H11N3O4S/c15-14(22)16-13(18)7-5-11-4-6-12(21-11)9-2-1-3-10(8-9)17(19)20/h1-8H,(H3,15,16,18,22)/b7-5+. The number of rotatable bonds is 4. The van der Waals surface area contributed by atoms with Gasteiger partial charge >= 0.3 is 0 Å². The Kier molecular flexibility index (Phi) is 4.64. The fourth-order valence-electron chi connectivity index (χ4n) is 1.69. The molecule has 7 nitrogen and oxygen atoms in total. The van der Waals surface area contributed by atoms with Crippen LogP contribution in [-0.2, 0) is 4.79 Å². The molecular weight excluding hydrogens is 306 g/mol. The van der Waals surface area contributed by atoms with E-state index in [2.05, 4.69) is 17.5 Å². The molecule has 0 bridgehead atoms. The topological polar surface area (TPSA) is 111 Å². The molecule has 3 N–H and O–H groups in total. The van der Waals surface area contributed by atoms with Crippen LogP contribution in [0.4, 0.5) is 5.69 Å². The highest BCUT2D eigenvalue weighted by Crippen LogP contribution is 2.26. The van der Waals surface area contributed by atoms with Crippen molar-refractivity contribution in [1.29, 1.82) is 0 Å². The molecule has 0 aliphatic rings. The lowest BCUT2D eigenvalue weighted by molar-refractivity contribution is -0.384. The highest BCUT2D eigenvalue weighted by molar-refractivity contribution is 7.80. The summed E-state index contributed by atoms with van der Waals surface area (Å²) in [7, 11) is 0. The van der Waals surface area contributed by atoms with Crippen LogP contribution < -0.4 is 11.1 Å². The van der Waals surface area contributed by atoms with Crippen molar-refractivity contribution in [2.24, 2.45) is 5.73 Å². The molecule has 2 rings (SSSR count). The second kappa shape index (κ2) is 6.64. The predicted molar refractivity (Wildman–Crippen MR) is 84.8 cm³/mol. The first-order valence-corrected chi connectivity index (χ1v) is 6.49. The normalized spacial score (nSPS) is 10.5. The first kappa shape index (κ1) is 15.4. The van der Waals surface area contributed by atoms with E-state index in [1.165, 1.54) is 24.3 Å². The minimum Gasteiger partial charge on any atom is -0.457 e. The molecule has 0 aliphatic carbocycles. The van der Waals surface area contributed by atoms with Gasteiger partial charge in [-0.15, -0.1) is 0 Å². The van der Waals surface area contributed by atoms with Crippen LogP contribution in [0.25, 0.3) is 17.4 Å². The lowest BCUT2D eigenvalue weighted by atomic mass is 10.1. The van der Waals surface area contributed by atoms with E-state index in [1.807, 2.05) is 0 Å². The molecule has 1 heterocycles. The second-order valence-corrected chi connectivity index (χ2v) is 4.64. The predicted octanol–water partition coefficient (Wildman–Crippen LogP) is 2.23. The van der Waals surface area contributed by atoms with Crippen molar-refractivity contribution in [2.75, 3.05) is 0 Å². The Bertz CT molecular complexity index is 767. The van der Waals surface area contributed by atoms with Crippen molar-refractivity contribution in [1.82, 2.24) is 5.32 Å². The Morgan fingerprint density at radius 1 is 1.36 bits per heavy atom. The number of nitrogens with two attached hydrogens (primary N) is 1. The zero-order valence-electron chi connectivity index (χ0n) is 11.2. The fraction of sp³-hybridized carbons (Fsp3) is 0. The van der Waals surface area contributed by atoms with Crippen molar-refractivity contribution < 1.29 is 14.1 Å². The zero-order chi connectivity index (χ0) is 16.1. The van der Waals surface area contributed by atoms with E-state index in [-0.39, 0.29) is 10.8 Å². The number of furan rings is 1. The van der Waals surface area contributed by atoms with Gasteiger partial charge in [-0.05, 0) is 30.4 Å². The van der Waals surface area contributed by atoms with Crippen LogP contribution in [0.3, 0.4) is 0 Å². The quantitative estimate of drug-likeness (QED) is 0.387. The van der Waals surface area contributed by atoms with E-state index in [0.717, 1.165) is 0 Å². The van der Waals surface area contributed by atoms with Gasteiger partial charge in [0.25, 0.3) is 5.69 Å². The Morgan fingerprint density at radius 3 is 2.82 bits per heavy atom. The van der Waals surface area contributed by atoms with Crippen LogP contribution in [0.5, 0.6) is 0 Å². The van der Waals surface area contributed by atoms with Crippen LogP contribution >= 0.6 is 12.2 Å². The number of thiocarbonyl (C=S) groups is 1. The smallest absolute Gasteiger partial charge is 0.270 e. The summed E-state index contributed by atoms with van der Waals surface area (Å²) in [6, 6.07) is 9.36. The van der Waals surface area contributed by atoms with Crippen LogP contribution in [0.2, 0.25) is 0 Å². The largest absolute Gasteiger partial charge is 0.457 e. The minimum atomic E-state index is -0.479. The van der Waals surface area contributed by atoms with Crippen molar-refractivity contribution in [2.45, 2.75) is 0 Å². The average Bonchev–Trinajstić information content (AvgIpc) is 2.93. The number of hydrogen-bond donors (Lipinski definition) is 2. The summed E-state index contributed by atoms with van der Waals surface area (Å²) in [5, 5.41) is 12.9. The van der Waals surface area contributed by atoms with Gasteiger partial charge in [-0.1, -0.05) is 12.1 Å². The first-order valence-electron chi connectivity index (χ1n) is 6.09. The third-order valence-electron chi connectivity index (χ3n) is 2.61. The van der Waals surface area contributed by atoms with Crippen molar-refractivity contribution in [3.63, 3.8) is 0 Å². The summed E-state index contributed by atoms with van der Waals surface area (Å²) in [6.07, 6.45) is 2.66. The summed E-state index contributed by atoms with van der Waals surface area (Å²) in [4.78, 5) is 21.6. The lowest BCUT2D eigenvalue weighted by Gasteiger charge is -1.97. The number of nitro groups is 1. The Labute approximate surface area is 130 Å². The number of non-ortho nitro benzene ring substituents is 1. The molecule has 0 spiro atoms. The summed E-state index contributed by atoms with van der Waals surface area (Å²) >= 11 is 4.54. The molecule has 0 saturated heterocycles. The van der Waals surface area contributed by atoms with Crippen LogP contribution in [-0.4, -0.2) is 15.9 Å². The molecule has 8 heteroatoms. The van der Waals surface area contributed by atoms with Crippen molar-refractivity contribution in [3.05, 3.63) is 58.3 Å². The van der Waals surface area contributed by atoms with E-state index >= 15 is 0 Å². The van der Waals surface area contributed by atoms with Gasteiger partial charge in [-0.25, -0.2) is 0 Å². The second-order valence-electron chi connectivity index (χ2n) is 4.20. The molecule has 0 atom stereocenters. The van der Waals surface area contributed by atoms with Gasteiger partial charge in [-0.3, -0.25) is 20.2 Å². The van der Waals surface area contributed by atoms with Gasteiger partial charge < -0.3 is 10.2 Å². The van der Waals surface area contributed by atoms with Crippen LogP contribution in [0.1, 0.15) is 5.76 Å². The fourth-order valence-corrected chi connectivity index (χ4v) is 1.79. The number of nitrogens with zero attached hydrogens (tertiary/aromatic N) is 1. The molecule has 0 unspecified atom stereocenters. The van der Waals surface area contributed by atoms with Crippen LogP contribution in [0.15, 0.2) is 46.9 Å². The van der Waals surface area contributed by atoms with E-state index in [1.54, 1.807) is 24.3 Å². The third-order valence-corrected chi connectivity index (χ3v) is 2.72. The maximum absolute atomic E-state index is 11.3. The molecule has 0 saturated carbocycles. The monoisotopic (exact) mass is 317 g/mol. The Hall–Kier alpha value is -3.00. The number of carbonyl (C=O) groups is 1.